The zero-order chi connectivity index (χ0) is 9.35. The third-order valence-corrected chi connectivity index (χ3v) is 2.73. The number of carboxylic acids is 1. The van der Waals surface area contributed by atoms with Crippen LogP contribution in [0.5, 0.6) is 0 Å². The predicted octanol–water partition coefficient (Wildman–Crippen LogP) is -0.260. The Kier molecular flexibility index (Phi) is 2.39. The first kappa shape index (κ1) is 9.48. The van der Waals surface area contributed by atoms with Crippen molar-refractivity contribution in [1.29, 1.82) is 0 Å². The molecule has 1 rings (SSSR count). The maximum absolute atomic E-state index is 10.9. The lowest BCUT2D eigenvalue weighted by Gasteiger charge is -2.40. The maximum Gasteiger partial charge on any atom is 0.312 e. The van der Waals surface area contributed by atoms with Crippen LogP contribution in [0.3, 0.4) is 0 Å². The van der Waals surface area contributed by atoms with Crippen LogP contribution in [0.15, 0.2) is 0 Å². The van der Waals surface area contributed by atoms with Crippen molar-refractivity contribution in [2.75, 3.05) is 20.1 Å². The van der Waals surface area contributed by atoms with Gasteiger partial charge in [0.25, 0.3) is 0 Å². The number of aliphatic carboxylic acids is 1. The van der Waals surface area contributed by atoms with Crippen molar-refractivity contribution in [3.8, 4) is 0 Å². The quantitative estimate of drug-likeness (QED) is 0.572. The van der Waals surface area contributed by atoms with Gasteiger partial charge >= 0.3 is 5.97 Å². The molecule has 0 saturated carbocycles. The van der Waals surface area contributed by atoms with Crippen LogP contribution in [0, 0.1) is 5.41 Å². The number of nitrogens with zero attached hydrogens (tertiary/aromatic N) is 1. The Hall–Kier alpha value is -0.610. The molecule has 2 unspecified atom stereocenters. The Morgan fingerprint density at radius 1 is 1.75 bits per heavy atom. The number of hydrogen-bond donors (Lipinski definition) is 2. The molecule has 1 aliphatic heterocycles. The molecule has 1 fully saturated rings. The second-order valence-electron chi connectivity index (χ2n) is 3.86. The molecule has 0 amide bonds. The summed E-state index contributed by atoms with van der Waals surface area (Å²) in [4.78, 5) is 12.9. The van der Waals surface area contributed by atoms with E-state index in [1.165, 1.54) is 0 Å². The van der Waals surface area contributed by atoms with Crippen LogP contribution >= 0.6 is 0 Å². The molecular weight excluding hydrogens is 156 g/mol. The summed E-state index contributed by atoms with van der Waals surface area (Å²) in [6.45, 7) is 3.16. The summed E-state index contributed by atoms with van der Waals surface area (Å²) in [6, 6.07) is -0.216. The number of nitrogens with two attached hydrogens (primary N) is 1. The summed E-state index contributed by atoms with van der Waals surface area (Å²) >= 11 is 0. The molecule has 3 N–H and O–H groups in total. The minimum atomic E-state index is -0.790. The monoisotopic (exact) mass is 172 g/mol. The Bertz CT molecular complexity index is 195. The molecular formula is C8H16N2O2. The van der Waals surface area contributed by atoms with E-state index in [0.29, 0.717) is 6.54 Å². The van der Waals surface area contributed by atoms with Crippen molar-refractivity contribution in [1.82, 2.24) is 4.90 Å². The summed E-state index contributed by atoms with van der Waals surface area (Å²) in [5.74, 6) is -0.790. The van der Waals surface area contributed by atoms with Crippen LogP contribution in [0.25, 0.3) is 0 Å². The Balaban J connectivity index is 2.77. The van der Waals surface area contributed by atoms with Gasteiger partial charge in [-0.2, -0.15) is 0 Å². The summed E-state index contributed by atoms with van der Waals surface area (Å²) in [7, 11) is 1.92. The van der Waals surface area contributed by atoms with Gasteiger partial charge in [0.2, 0.25) is 0 Å². The Morgan fingerprint density at radius 3 is 2.75 bits per heavy atom. The zero-order valence-corrected chi connectivity index (χ0v) is 7.58. The van der Waals surface area contributed by atoms with Gasteiger partial charge in [-0.15, -0.1) is 0 Å². The van der Waals surface area contributed by atoms with Crippen molar-refractivity contribution in [2.45, 2.75) is 19.4 Å². The van der Waals surface area contributed by atoms with Crippen molar-refractivity contribution in [2.24, 2.45) is 11.1 Å². The van der Waals surface area contributed by atoms with Crippen LogP contribution in [0.2, 0.25) is 0 Å². The van der Waals surface area contributed by atoms with Gasteiger partial charge in [-0.3, -0.25) is 4.79 Å². The molecule has 0 spiro atoms. The zero-order valence-electron chi connectivity index (χ0n) is 7.58. The number of rotatable bonds is 1. The second-order valence-corrected chi connectivity index (χ2v) is 3.86. The highest BCUT2D eigenvalue weighted by molar-refractivity contribution is 5.75. The van der Waals surface area contributed by atoms with E-state index in [2.05, 4.69) is 0 Å². The van der Waals surface area contributed by atoms with Gasteiger partial charge in [-0.25, -0.2) is 0 Å². The van der Waals surface area contributed by atoms with Gasteiger partial charge in [-0.05, 0) is 26.9 Å². The first-order valence-electron chi connectivity index (χ1n) is 4.14. The fourth-order valence-electron chi connectivity index (χ4n) is 1.66. The van der Waals surface area contributed by atoms with Crippen LogP contribution < -0.4 is 5.73 Å². The van der Waals surface area contributed by atoms with E-state index >= 15 is 0 Å². The highest BCUT2D eigenvalue weighted by Gasteiger charge is 2.42. The van der Waals surface area contributed by atoms with Crippen molar-refractivity contribution >= 4 is 5.97 Å². The maximum atomic E-state index is 10.9. The van der Waals surface area contributed by atoms with Crippen LogP contribution in [-0.4, -0.2) is 42.2 Å². The highest BCUT2D eigenvalue weighted by Crippen LogP contribution is 2.27. The minimum absolute atomic E-state index is 0.216. The summed E-state index contributed by atoms with van der Waals surface area (Å²) in [6.07, 6.45) is 0.763. The molecule has 0 aromatic rings. The molecule has 0 aromatic carbocycles. The fraction of sp³-hybridized carbons (Fsp3) is 0.875. The first-order valence-corrected chi connectivity index (χ1v) is 4.14. The Labute approximate surface area is 72.3 Å². The topological polar surface area (TPSA) is 66.6 Å². The van der Waals surface area contributed by atoms with Gasteiger partial charge in [0.05, 0.1) is 5.41 Å². The molecule has 4 heteroatoms. The lowest BCUT2D eigenvalue weighted by atomic mass is 9.78. The second kappa shape index (κ2) is 3.03. The fourth-order valence-corrected chi connectivity index (χ4v) is 1.66. The van der Waals surface area contributed by atoms with Gasteiger partial charge in [0.15, 0.2) is 0 Å². The van der Waals surface area contributed by atoms with Gasteiger partial charge < -0.3 is 15.7 Å². The molecule has 4 nitrogen and oxygen atoms in total. The third-order valence-electron chi connectivity index (χ3n) is 2.73. The normalized spacial score (nSPS) is 38.1. The number of carbonyl (C=O) groups is 1. The van der Waals surface area contributed by atoms with Crippen LogP contribution in [0.4, 0.5) is 0 Å². The summed E-state index contributed by atoms with van der Waals surface area (Å²) in [5, 5.41) is 8.98. The Morgan fingerprint density at radius 2 is 2.33 bits per heavy atom. The molecule has 12 heavy (non-hydrogen) atoms. The number of likely N-dealkylation sites (tertiary alicyclic amines) is 1. The molecule has 70 valence electrons. The average Bonchev–Trinajstić information content (AvgIpc) is 1.97. The van der Waals surface area contributed by atoms with Crippen molar-refractivity contribution in [3.05, 3.63) is 0 Å². The number of hydrogen-bond acceptors (Lipinski definition) is 3. The molecule has 1 saturated heterocycles. The minimum Gasteiger partial charge on any atom is -0.481 e. The standard InChI is InChI=1S/C8H16N2O2/c1-8(7(11)12)5-10(2)4-3-6(8)9/h6H,3-5,9H2,1-2H3,(H,11,12). The van der Waals surface area contributed by atoms with Crippen LogP contribution in [0.1, 0.15) is 13.3 Å². The van der Waals surface area contributed by atoms with E-state index in [9.17, 15) is 4.79 Å². The van der Waals surface area contributed by atoms with E-state index in [-0.39, 0.29) is 6.04 Å². The number of piperidine rings is 1. The molecule has 1 aliphatic rings. The lowest BCUT2D eigenvalue weighted by molar-refractivity contribution is -0.152. The van der Waals surface area contributed by atoms with Gasteiger partial charge in [0.1, 0.15) is 0 Å². The molecule has 2 atom stereocenters. The number of carboxylic acid groups (broad SMARTS) is 1. The molecule has 0 radical (unpaired) electrons. The van der Waals surface area contributed by atoms with E-state index in [0.717, 1.165) is 13.0 Å². The third kappa shape index (κ3) is 1.44. The molecule has 1 heterocycles. The van der Waals surface area contributed by atoms with Crippen LogP contribution in [-0.2, 0) is 4.79 Å². The molecule has 0 aromatic heterocycles. The highest BCUT2D eigenvalue weighted by atomic mass is 16.4. The largest absolute Gasteiger partial charge is 0.481 e. The van der Waals surface area contributed by atoms with Gasteiger partial charge in [0, 0.05) is 12.6 Å². The van der Waals surface area contributed by atoms with Gasteiger partial charge in [-0.1, -0.05) is 0 Å². The first-order chi connectivity index (χ1) is 5.47. The van der Waals surface area contributed by atoms with E-state index in [1.807, 2.05) is 11.9 Å². The van der Waals surface area contributed by atoms with E-state index in [1.54, 1.807) is 6.92 Å². The molecule has 0 aliphatic carbocycles. The molecule has 0 bridgehead atoms. The summed E-state index contributed by atoms with van der Waals surface area (Å²) in [5.41, 5.74) is 5.00. The lowest BCUT2D eigenvalue weighted by Crippen LogP contribution is -2.56. The van der Waals surface area contributed by atoms with E-state index < -0.39 is 11.4 Å². The van der Waals surface area contributed by atoms with Crippen molar-refractivity contribution < 1.29 is 9.90 Å². The predicted molar refractivity (Wildman–Crippen MR) is 45.8 cm³/mol. The SMILES string of the molecule is CN1CCC(N)C(C)(C(=O)O)C1. The smallest absolute Gasteiger partial charge is 0.312 e. The van der Waals surface area contributed by atoms with E-state index in [4.69, 9.17) is 10.8 Å². The summed E-state index contributed by atoms with van der Waals surface area (Å²) < 4.78 is 0. The van der Waals surface area contributed by atoms with Crippen molar-refractivity contribution in [3.63, 3.8) is 0 Å². The average molecular weight is 172 g/mol.